The Morgan fingerprint density at radius 3 is 2.81 bits per heavy atom. The zero-order chi connectivity index (χ0) is 14.7. The maximum absolute atomic E-state index is 10.8. The first kappa shape index (κ1) is 15.4. The summed E-state index contributed by atoms with van der Waals surface area (Å²) in [5.74, 6) is 3.07. The smallest absolute Gasteiger partial charge is 0.0772 e. The Kier molecular flexibility index (Phi) is 4.92. The summed E-state index contributed by atoms with van der Waals surface area (Å²) in [6, 6.07) is 9.13. The van der Waals surface area contributed by atoms with Crippen LogP contribution in [0.25, 0.3) is 0 Å². The number of hydrogen-bond acceptors (Lipinski definition) is 3. The molecule has 1 fully saturated rings. The van der Waals surface area contributed by atoms with E-state index in [1.54, 1.807) is 0 Å². The number of rotatable bonds is 4. The van der Waals surface area contributed by atoms with Crippen molar-refractivity contribution in [1.82, 2.24) is 5.32 Å². The highest BCUT2D eigenvalue weighted by molar-refractivity contribution is 7.98. The predicted molar refractivity (Wildman–Crippen MR) is 90.5 cm³/mol. The first-order chi connectivity index (χ1) is 10.2. The molecule has 1 aromatic carbocycles. The second-order valence-electron chi connectivity index (χ2n) is 6.72. The fraction of sp³-hybridized carbons (Fsp3) is 0.667. The van der Waals surface area contributed by atoms with Gasteiger partial charge >= 0.3 is 0 Å². The number of benzene rings is 1. The average Bonchev–Trinajstić information content (AvgIpc) is 2.54. The highest BCUT2D eigenvalue weighted by Crippen LogP contribution is 2.35. The summed E-state index contributed by atoms with van der Waals surface area (Å²) >= 11 is 1.99. The molecule has 1 aliphatic carbocycles. The fourth-order valence-corrected chi connectivity index (χ4v) is 4.80. The van der Waals surface area contributed by atoms with Crippen molar-refractivity contribution in [2.45, 2.75) is 56.4 Å². The van der Waals surface area contributed by atoms with Gasteiger partial charge in [0.1, 0.15) is 0 Å². The van der Waals surface area contributed by atoms with Crippen molar-refractivity contribution in [3.8, 4) is 0 Å². The molecule has 2 nitrogen and oxygen atoms in total. The Bertz CT molecular complexity index is 468. The van der Waals surface area contributed by atoms with Crippen molar-refractivity contribution in [3.05, 3.63) is 35.4 Å². The third kappa shape index (κ3) is 3.64. The minimum Gasteiger partial charge on any atom is -0.389 e. The van der Waals surface area contributed by atoms with Crippen molar-refractivity contribution in [3.63, 3.8) is 0 Å². The molecule has 0 spiro atoms. The molecule has 1 aromatic rings. The van der Waals surface area contributed by atoms with Gasteiger partial charge in [0.15, 0.2) is 0 Å². The van der Waals surface area contributed by atoms with Gasteiger partial charge < -0.3 is 10.4 Å². The molecular weight excluding hydrogens is 278 g/mol. The van der Waals surface area contributed by atoms with E-state index in [4.69, 9.17) is 0 Å². The molecule has 1 heterocycles. The summed E-state index contributed by atoms with van der Waals surface area (Å²) in [5, 5.41) is 14.4. The SMILES string of the molecule is CCC1CCC(O)(CNC2CSCc3ccccc32)CC1. The zero-order valence-corrected chi connectivity index (χ0v) is 13.8. The molecule has 1 aliphatic heterocycles. The lowest BCUT2D eigenvalue weighted by Crippen LogP contribution is -2.45. The number of fused-ring (bicyclic) bond motifs is 1. The topological polar surface area (TPSA) is 32.3 Å². The zero-order valence-electron chi connectivity index (χ0n) is 13.0. The standard InChI is InChI=1S/C18H27NOS/c1-2-14-7-9-18(20,10-8-14)13-19-17-12-21-11-15-5-3-4-6-16(15)17/h3-6,14,17,19-20H,2,7-13H2,1H3. The summed E-state index contributed by atoms with van der Waals surface area (Å²) in [7, 11) is 0. The summed E-state index contributed by atoms with van der Waals surface area (Å²) in [6.07, 6.45) is 5.55. The van der Waals surface area contributed by atoms with Gasteiger partial charge in [-0.3, -0.25) is 0 Å². The Balaban J connectivity index is 1.59. The fourth-order valence-electron chi connectivity index (χ4n) is 3.66. The second-order valence-corrected chi connectivity index (χ2v) is 7.75. The molecule has 0 radical (unpaired) electrons. The Morgan fingerprint density at radius 1 is 1.29 bits per heavy atom. The summed E-state index contributed by atoms with van der Waals surface area (Å²) in [6.45, 7) is 3.01. The molecule has 0 bridgehead atoms. The number of nitrogens with one attached hydrogen (secondary N) is 1. The van der Waals surface area contributed by atoms with Gasteiger partial charge in [-0.2, -0.15) is 11.8 Å². The van der Waals surface area contributed by atoms with Crippen LogP contribution in [0.1, 0.15) is 56.2 Å². The van der Waals surface area contributed by atoms with Crippen LogP contribution in [0.3, 0.4) is 0 Å². The lowest BCUT2D eigenvalue weighted by molar-refractivity contribution is -0.0102. The largest absolute Gasteiger partial charge is 0.389 e. The van der Waals surface area contributed by atoms with Gasteiger partial charge in [-0.05, 0) is 42.7 Å². The van der Waals surface area contributed by atoms with Gasteiger partial charge in [0.2, 0.25) is 0 Å². The van der Waals surface area contributed by atoms with Crippen LogP contribution < -0.4 is 5.32 Å². The van der Waals surface area contributed by atoms with Crippen LogP contribution in [-0.4, -0.2) is 23.0 Å². The predicted octanol–water partition coefficient (Wildman–Crippen LogP) is 3.90. The monoisotopic (exact) mass is 305 g/mol. The van der Waals surface area contributed by atoms with Crippen molar-refractivity contribution in [2.24, 2.45) is 5.92 Å². The van der Waals surface area contributed by atoms with E-state index < -0.39 is 5.60 Å². The minimum atomic E-state index is -0.483. The first-order valence-corrected chi connectivity index (χ1v) is 9.47. The number of aliphatic hydroxyl groups is 1. The summed E-state index contributed by atoms with van der Waals surface area (Å²) in [4.78, 5) is 0. The molecule has 1 unspecified atom stereocenters. The lowest BCUT2D eigenvalue weighted by Gasteiger charge is -2.37. The van der Waals surface area contributed by atoms with Gasteiger partial charge in [-0.15, -0.1) is 0 Å². The van der Waals surface area contributed by atoms with E-state index >= 15 is 0 Å². The molecule has 1 atom stereocenters. The van der Waals surface area contributed by atoms with Crippen LogP contribution in [0.15, 0.2) is 24.3 Å². The lowest BCUT2D eigenvalue weighted by atomic mass is 9.77. The number of hydrogen-bond donors (Lipinski definition) is 2. The van der Waals surface area contributed by atoms with Gasteiger partial charge in [-0.1, -0.05) is 37.6 Å². The molecule has 21 heavy (non-hydrogen) atoms. The van der Waals surface area contributed by atoms with E-state index in [2.05, 4.69) is 36.5 Å². The highest BCUT2D eigenvalue weighted by atomic mass is 32.2. The molecular formula is C18H27NOS. The van der Waals surface area contributed by atoms with Crippen LogP contribution in [0.5, 0.6) is 0 Å². The van der Waals surface area contributed by atoms with Crippen LogP contribution in [-0.2, 0) is 5.75 Å². The molecule has 3 rings (SSSR count). The molecule has 0 saturated heterocycles. The molecule has 0 aromatic heterocycles. The maximum Gasteiger partial charge on any atom is 0.0772 e. The van der Waals surface area contributed by atoms with Crippen molar-refractivity contribution in [2.75, 3.05) is 12.3 Å². The molecule has 1 saturated carbocycles. The second kappa shape index (κ2) is 6.72. The maximum atomic E-state index is 10.8. The van der Waals surface area contributed by atoms with Crippen LogP contribution in [0.2, 0.25) is 0 Å². The minimum absolute atomic E-state index is 0.396. The number of thioether (sulfide) groups is 1. The van der Waals surface area contributed by atoms with Crippen molar-refractivity contribution in [1.29, 1.82) is 0 Å². The Labute approximate surface area is 132 Å². The van der Waals surface area contributed by atoms with E-state index in [0.29, 0.717) is 6.04 Å². The van der Waals surface area contributed by atoms with E-state index in [9.17, 15) is 5.11 Å². The average molecular weight is 305 g/mol. The first-order valence-electron chi connectivity index (χ1n) is 8.31. The molecule has 0 amide bonds. The van der Waals surface area contributed by atoms with Crippen LogP contribution >= 0.6 is 11.8 Å². The quantitative estimate of drug-likeness (QED) is 0.885. The van der Waals surface area contributed by atoms with Crippen molar-refractivity contribution >= 4 is 11.8 Å². The third-order valence-corrected chi connectivity index (χ3v) is 6.35. The third-order valence-electron chi connectivity index (χ3n) is 5.26. The Morgan fingerprint density at radius 2 is 2.05 bits per heavy atom. The Hall–Kier alpha value is -0.510. The molecule has 116 valence electrons. The highest BCUT2D eigenvalue weighted by Gasteiger charge is 2.33. The van der Waals surface area contributed by atoms with Crippen LogP contribution in [0.4, 0.5) is 0 Å². The van der Waals surface area contributed by atoms with E-state index in [-0.39, 0.29) is 0 Å². The van der Waals surface area contributed by atoms with Gasteiger partial charge in [0.25, 0.3) is 0 Å². The van der Waals surface area contributed by atoms with Crippen LogP contribution in [0, 0.1) is 5.92 Å². The van der Waals surface area contributed by atoms with E-state index in [0.717, 1.165) is 36.8 Å². The molecule has 2 aliphatic rings. The van der Waals surface area contributed by atoms with Crippen molar-refractivity contribution < 1.29 is 5.11 Å². The molecule has 2 N–H and O–H groups in total. The van der Waals surface area contributed by atoms with E-state index in [1.165, 1.54) is 30.4 Å². The molecule has 3 heteroatoms. The normalized spacial score (nSPS) is 32.7. The van der Waals surface area contributed by atoms with Gasteiger partial charge in [0.05, 0.1) is 5.60 Å². The van der Waals surface area contributed by atoms with Gasteiger partial charge in [-0.25, -0.2) is 0 Å². The van der Waals surface area contributed by atoms with Gasteiger partial charge in [0, 0.05) is 24.1 Å². The summed E-state index contributed by atoms with van der Waals surface area (Å²) < 4.78 is 0. The van der Waals surface area contributed by atoms with E-state index in [1.807, 2.05) is 11.8 Å². The summed E-state index contributed by atoms with van der Waals surface area (Å²) in [5.41, 5.74) is 2.40.